The topological polar surface area (TPSA) is 38.4 Å². The molecule has 0 saturated carbocycles. The second kappa shape index (κ2) is 6.99. The van der Waals surface area contributed by atoms with Crippen molar-refractivity contribution >= 4 is 34.9 Å². The average Bonchev–Trinajstić information content (AvgIpc) is 2.37. The van der Waals surface area contributed by atoms with E-state index in [1.165, 1.54) is 19.9 Å². The fraction of sp³-hybridized carbons (Fsp3) is 0.462. The molecule has 136 valence electrons. The van der Waals surface area contributed by atoms with Crippen molar-refractivity contribution < 1.29 is 30.7 Å². The number of amidine groups is 1. The number of hydrogen-bond donors (Lipinski definition) is 1. The number of nitrogens with zero attached hydrogens (tertiary/aromatic N) is 1. The molecule has 1 aromatic carbocycles. The van der Waals surface area contributed by atoms with Gasteiger partial charge in [-0.2, -0.15) is 30.7 Å². The quantitative estimate of drug-likeness (QED) is 0.237. The van der Waals surface area contributed by atoms with Gasteiger partial charge in [0.2, 0.25) is 0 Å². The van der Waals surface area contributed by atoms with Gasteiger partial charge in [0.05, 0.1) is 11.4 Å². The van der Waals surface area contributed by atoms with Crippen molar-refractivity contribution in [1.82, 2.24) is 0 Å². The Bertz CT molecular complexity index is 638. The number of aliphatic imine (C=N–C) groups is 1. The molecule has 0 radical (unpaired) electrons. The lowest BCUT2D eigenvalue weighted by Gasteiger charge is -2.20. The molecule has 0 saturated heterocycles. The summed E-state index contributed by atoms with van der Waals surface area (Å²) >= 11 is 4.73. The minimum atomic E-state index is -4.95. The van der Waals surface area contributed by atoms with Gasteiger partial charge in [-0.05, 0) is 42.6 Å². The summed E-state index contributed by atoms with van der Waals surface area (Å²) in [6, 6.07) is 2.47. The van der Waals surface area contributed by atoms with E-state index < -0.39 is 29.1 Å². The third-order valence-electron chi connectivity index (χ3n) is 2.80. The Morgan fingerprint density at radius 1 is 1.08 bits per heavy atom. The van der Waals surface area contributed by atoms with E-state index in [-0.39, 0.29) is 16.1 Å². The highest BCUT2D eigenvalue weighted by Crippen LogP contribution is 2.39. The van der Waals surface area contributed by atoms with E-state index in [1.54, 1.807) is 0 Å². The molecule has 0 aliphatic heterocycles. The maximum Gasteiger partial charge on any atom is 0.398 e. The SMILES string of the molecule is Cc1cc(C)c(SCC(F)(F)F)cc1/N=C(\N)C(F)(F)C(F)(F)Cl. The number of nitrogens with two attached hydrogens (primary N) is 1. The zero-order chi connectivity index (χ0) is 18.9. The maximum absolute atomic E-state index is 13.3. The van der Waals surface area contributed by atoms with Gasteiger partial charge in [0.25, 0.3) is 0 Å². The van der Waals surface area contributed by atoms with Gasteiger partial charge in [-0.15, -0.1) is 11.8 Å². The molecule has 1 rings (SSSR count). The largest absolute Gasteiger partial charge is 0.398 e. The van der Waals surface area contributed by atoms with Crippen LogP contribution in [0.4, 0.5) is 36.4 Å². The molecule has 0 aliphatic carbocycles. The summed E-state index contributed by atoms with van der Waals surface area (Å²) < 4.78 is 88.9. The fourth-order valence-electron chi connectivity index (χ4n) is 1.60. The number of hydrogen-bond acceptors (Lipinski definition) is 2. The van der Waals surface area contributed by atoms with Crippen molar-refractivity contribution in [3.63, 3.8) is 0 Å². The highest BCUT2D eigenvalue weighted by atomic mass is 35.5. The minimum Gasteiger partial charge on any atom is -0.382 e. The Kier molecular flexibility index (Phi) is 6.08. The third-order valence-corrected chi connectivity index (χ3v) is 4.26. The average molecular weight is 397 g/mol. The van der Waals surface area contributed by atoms with E-state index in [0.717, 1.165) is 6.07 Å². The van der Waals surface area contributed by atoms with Crippen LogP contribution in [0.15, 0.2) is 22.0 Å². The zero-order valence-corrected chi connectivity index (χ0v) is 13.9. The Balaban J connectivity index is 3.23. The molecule has 0 aliphatic rings. The summed E-state index contributed by atoms with van der Waals surface area (Å²) in [5, 5.41) is -4.95. The predicted octanol–water partition coefficient (Wildman–Crippen LogP) is 5.41. The van der Waals surface area contributed by atoms with E-state index in [0.29, 0.717) is 17.3 Å². The number of rotatable bonds is 5. The van der Waals surface area contributed by atoms with Crippen LogP contribution in [-0.4, -0.2) is 29.1 Å². The molecule has 0 unspecified atom stereocenters. The van der Waals surface area contributed by atoms with E-state index in [4.69, 9.17) is 5.73 Å². The van der Waals surface area contributed by atoms with Crippen LogP contribution >= 0.6 is 23.4 Å². The van der Waals surface area contributed by atoms with E-state index in [1.807, 2.05) is 0 Å². The lowest BCUT2D eigenvalue weighted by molar-refractivity contribution is -0.108. The lowest BCUT2D eigenvalue weighted by Crippen LogP contribution is -2.47. The van der Waals surface area contributed by atoms with Crippen LogP contribution in [0.2, 0.25) is 0 Å². The second-order valence-corrected chi connectivity index (χ2v) is 6.37. The van der Waals surface area contributed by atoms with Gasteiger partial charge in [0.1, 0.15) is 0 Å². The number of benzene rings is 1. The fourth-order valence-corrected chi connectivity index (χ4v) is 2.50. The van der Waals surface area contributed by atoms with Crippen LogP contribution in [0.25, 0.3) is 0 Å². The third kappa shape index (κ3) is 5.17. The maximum atomic E-state index is 13.3. The van der Waals surface area contributed by atoms with Gasteiger partial charge in [-0.25, -0.2) is 4.99 Å². The Hall–Kier alpha value is -1.16. The first kappa shape index (κ1) is 20.9. The normalized spacial score (nSPS) is 14.2. The highest BCUT2D eigenvalue weighted by molar-refractivity contribution is 7.99. The van der Waals surface area contributed by atoms with Gasteiger partial charge >= 0.3 is 17.5 Å². The summed E-state index contributed by atoms with van der Waals surface area (Å²) in [4.78, 5) is 3.34. The molecule has 0 atom stereocenters. The summed E-state index contributed by atoms with van der Waals surface area (Å²) in [6.07, 6.45) is -4.43. The molecule has 2 N–H and O–H groups in total. The first-order valence-electron chi connectivity index (χ1n) is 6.25. The monoisotopic (exact) mass is 396 g/mol. The van der Waals surface area contributed by atoms with Crippen LogP contribution in [0.3, 0.4) is 0 Å². The number of halogens is 8. The summed E-state index contributed by atoms with van der Waals surface area (Å²) in [5.41, 5.74) is 5.40. The van der Waals surface area contributed by atoms with Crippen molar-refractivity contribution in [2.24, 2.45) is 10.7 Å². The summed E-state index contributed by atoms with van der Waals surface area (Å²) in [6.45, 7) is 2.94. The molecular formula is C13H12ClF7N2S. The van der Waals surface area contributed by atoms with Crippen molar-refractivity contribution in [2.45, 2.75) is 36.2 Å². The van der Waals surface area contributed by atoms with Gasteiger partial charge in [0, 0.05) is 4.90 Å². The van der Waals surface area contributed by atoms with Gasteiger partial charge in [0.15, 0.2) is 5.84 Å². The summed E-state index contributed by atoms with van der Waals surface area (Å²) in [7, 11) is 0. The molecule has 11 heteroatoms. The van der Waals surface area contributed by atoms with E-state index in [2.05, 4.69) is 16.6 Å². The van der Waals surface area contributed by atoms with Gasteiger partial charge in [-0.3, -0.25) is 0 Å². The van der Waals surface area contributed by atoms with Crippen LogP contribution in [0, 0.1) is 13.8 Å². The number of aryl methyl sites for hydroxylation is 2. The minimum absolute atomic E-state index is 0.116. The molecule has 0 spiro atoms. The van der Waals surface area contributed by atoms with Crippen LogP contribution in [0.5, 0.6) is 0 Å². The van der Waals surface area contributed by atoms with Crippen molar-refractivity contribution in [2.75, 3.05) is 5.75 Å². The molecule has 24 heavy (non-hydrogen) atoms. The van der Waals surface area contributed by atoms with Crippen molar-refractivity contribution in [3.05, 3.63) is 23.3 Å². The summed E-state index contributed by atoms with van der Waals surface area (Å²) in [5.74, 6) is -7.85. The Morgan fingerprint density at radius 3 is 2.08 bits per heavy atom. The van der Waals surface area contributed by atoms with E-state index in [9.17, 15) is 30.7 Å². The molecule has 0 aromatic heterocycles. The number of thioether (sulfide) groups is 1. The van der Waals surface area contributed by atoms with E-state index >= 15 is 0 Å². The second-order valence-electron chi connectivity index (χ2n) is 4.88. The zero-order valence-electron chi connectivity index (χ0n) is 12.3. The lowest BCUT2D eigenvalue weighted by atomic mass is 10.1. The first-order valence-corrected chi connectivity index (χ1v) is 7.61. The van der Waals surface area contributed by atoms with Crippen LogP contribution in [-0.2, 0) is 0 Å². The van der Waals surface area contributed by atoms with Gasteiger partial charge in [-0.1, -0.05) is 6.07 Å². The standard InChI is InChI=1S/C13H12ClF7N2S/c1-6-3-7(2)9(24-5-11(15,16)17)4-8(6)23-10(22)12(18,19)13(14,20)21/h3-4H,5H2,1-2H3,(H2,22,23). The molecule has 1 aromatic rings. The van der Waals surface area contributed by atoms with Crippen LogP contribution < -0.4 is 5.73 Å². The molecule has 0 fully saturated rings. The number of alkyl halides is 8. The molecule has 0 amide bonds. The van der Waals surface area contributed by atoms with Crippen molar-refractivity contribution in [3.8, 4) is 0 Å². The predicted molar refractivity (Wildman–Crippen MR) is 79.7 cm³/mol. The molecule has 0 heterocycles. The Morgan fingerprint density at radius 2 is 1.62 bits per heavy atom. The molecule has 0 bridgehead atoms. The van der Waals surface area contributed by atoms with Crippen molar-refractivity contribution in [1.29, 1.82) is 0 Å². The Labute approximate surface area is 142 Å². The van der Waals surface area contributed by atoms with Crippen LogP contribution in [0.1, 0.15) is 11.1 Å². The van der Waals surface area contributed by atoms with Gasteiger partial charge < -0.3 is 5.73 Å². The first-order chi connectivity index (χ1) is 10.6. The smallest absolute Gasteiger partial charge is 0.382 e. The molecule has 2 nitrogen and oxygen atoms in total. The highest BCUT2D eigenvalue weighted by Gasteiger charge is 2.58. The molecular weight excluding hydrogens is 385 g/mol.